The molecule has 134 valence electrons. The zero-order valence-corrected chi connectivity index (χ0v) is 13.6. The minimum atomic E-state index is -1.57. The van der Waals surface area contributed by atoms with Gasteiger partial charge in [0.15, 0.2) is 5.78 Å². The van der Waals surface area contributed by atoms with Crippen LogP contribution < -0.4 is 0 Å². The number of cyclic esters (lactones) is 1. The van der Waals surface area contributed by atoms with Gasteiger partial charge in [-0.25, -0.2) is 4.79 Å². The van der Waals surface area contributed by atoms with Gasteiger partial charge in [-0.05, 0) is 31.1 Å². The Kier molecular flexibility index (Phi) is 5.95. The Morgan fingerprint density at radius 1 is 1.04 bits per heavy atom. The van der Waals surface area contributed by atoms with Crippen molar-refractivity contribution >= 4 is 17.8 Å². The van der Waals surface area contributed by atoms with E-state index in [0.29, 0.717) is 0 Å². The lowest BCUT2D eigenvalue weighted by Crippen LogP contribution is -2.32. The molecule has 0 aromatic heterocycles. The number of ether oxygens (including phenoxy) is 1. The van der Waals surface area contributed by atoms with E-state index in [1.807, 2.05) is 0 Å². The van der Waals surface area contributed by atoms with Crippen LogP contribution in [0.2, 0.25) is 0 Å². The number of phenolic OH excluding ortho intramolecular Hbond substituents is 2. The molecule has 7 heteroatoms. The number of hydrogen-bond acceptors (Lipinski definition) is 7. The minimum Gasteiger partial charge on any atom is -0.508 e. The van der Waals surface area contributed by atoms with Gasteiger partial charge in [0.1, 0.15) is 29.3 Å². The number of hydrogen-bond donors (Lipinski definition) is 4. The lowest BCUT2D eigenvalue weighted by Gasteiger charge is -2.16. The Labute approximate surface area is 144 Å². The highest BCUT2D eigenvalue weighted by Gasteiger charge is 2.23. The summed E-state index contributed by atoms with van der Waals surface area (Å²) in [4.78, 5) is 24.1. The van der Waals surface area contributed by atoms with Crippen molar-refractivity contribution in [1.82, 2.24) is 0 Å². The number of esters is 1. The summed E-state index contributed by atoms with van der Waals surface area (Å²) >= 11 is 0. The molecule has 0 unspecified atom stereocenters. The molecular weight excluding hydrogens is 328 g/mol. The molecule has 7 nitrogen and oxygen atoms in total. The predicted molar refractivity (Wildman–Crippen MR) is 89.1 cm³/mol. The molecule has 0 bridgehead atoms. The maximum absolute atomic E-state index is 12.3. The predicted octanol–water partition coefficient (Wildman–Crippen LogP) is 1.30. The summed E-state index contributed by atoms with van der Waals surface area (Å²) in [7, 11) is 0. The quantitative estimate of drug-likeness (QED) is 0.521. The Balaban J connectivity index is 2.43. The summed E-state index contributed by atoms with van der Waals surface area (Å²) in [5, 5.41) is 39.3. The second kappa shape index (κ2) is 7.96. The van der Waals surface area contributed by atoms with E-state index in [1.54, 1.807) is 6.92 Å². The van der Waals surface area contributed by atoms with Gasteiger partial charge in [-0.2, -0.15) is 0 Å². The number of aromatic hydroxyl groups is 2. The molecule has 0 spiro atoms. The van der Waals surface area contributed by atoms with Crippen molar-refractivity contribution in [2.75, 3.05) is 0 Å². The topological polar surface area (TPSA) is 124 Å². The fourth-order valence-corrected chi connectivity index (χ4v) is 2.40. The van der Waals surface area contributed by atoms with Crippen molar-refractivity contribution in [1.29, 1.82) is 0 Å². The molecular formula is C18H20O7. The maximum Gasteiger partial charge on any atom is 0.342 e. The van der Waals surface area contributed by atoms with Crippen molar-refractivity contribution in [2.24, 2.45) is 0 Å². The molecule has 0 saturated carbocycles. The number of phenols is 2. The SMILES string of the molecule is C[C@H]1CC=CC(=O)[C@@H](O)[C@@H](O)CC=Cc2cc(O)cc(O)c2C(=O)O1. The summed E-state index contributed by atoms with van der Waals surface area (Å²) < 4.78 is 5.24. The van der Waals surface area contributed by atoms with Gasteiger partial charge in [0.25, 0.3) is 0 Å². The summed E-state index contributed by atoms with van der Waals surface area (Å²) in [5.41, 5.74) is 0.0726. The number of rotatable bonds is 0. The molecule has 0 aliphatic carbocycles. The first-order valence-corrected chi connectivity index (χ1v) is 7.79. The highest BCUT2D eigenvalue weighted by molar-refractivity contribution is 5.97. The van der Waals surface area contributed by atoms with E-state index >= 15 is 0 Å². The Bertz CT molecular complexity index is 720. The minimum absolute atomic E-state index is 0.0674. The van der Waals surface area contributed by atoms with Gasteiger partial charge < -0.3 is 25.2 Å². The van der Waals surface area contributed by atoms with Gasteiger partial charge in [-0.1, -0.05) is 18.2 Å². The maximum atomic E-state index is 12.3. The molecule has 4 N–H and O–H groups in total. The van der Waals surface area contributed by atoms with Gasteiger partial charge in [0.2, 0.25) is 0 Å². The molecule has 1 aromatic rings. The Morgan fingerprint density at radius 3 is 2.44 bits per heavy atom. The highest BCUT2D eigenvalue weighted by atomic mass is 16.5. The Morgan fingerprint density at radius 2 is 1.72 bits per heavy atom. The zero-order chi connectivity index (χ0) is 18.6. The standard InChI is InChI=1S/C18H20O7/c1-10-4-2-6-13(20)17(23)14(21)7-3-5-11-8-12(19)9-15(22)16(11)18(24)25-10/h2-3,5-6,8-10,14,17,19,21-23H,4,7H2,1H3/t10-,14-,17+/m0/s1. The molecule has 1 aromatic carbocycles. The second-order valence-corrected chi connectivity index (χ2v) is 5.84. The van der Waals surface area contributed by atoms with E-state index in [0.717, 1.165) is 12.1 Å². The van der Waals surface area contributed by atoms with Crippen molar-refractivity contribution in [3.05, 3.63) is 41.5 Å². The molecule has 25 heavy (non-hydrogen) atoms. The molecule has 1 aliphatic rings. The van der Waals surface area contributed by atoms with Crippen molar-refractivity contribution in [2.45, 2.75) is 38.1 Å². The number of ketones is 1. The number of aliphatic hydroxyl groups excluding tert-OH is 2. The van der Waals surface area contributed by atoms with Gasteiger partial charge in [-0.3, -0.25) is 4.79 Å². The smallest absolute Gasteiger partial charge is 0.342 e. The van der Waals surface area contributed by atoms with Crippen LogP contribution in [0.15, 0.2) is 30.4 Å². The fourth-order valence-electron chi connectivity index (χ4n) is 2.40. The number of benzene rings is 1. The molecule has 1 heterocycles. The third kappa shape index (κ3) is 4.68. The van der Waals surface area contributed by atoms with E-state index in [4.69, 9.17) is 4.74 Å². The first kappa shape index (κ1) is 18.7. The lowest BCUT2D eigenvalue weighted by atomic mass is 10.0. The number of fused-ring (bicyclic) bond motifs is 1. The van der Waals surface area contributed by atoms with E-state index in [2.05, 4.69) is 0 Å². The van der Waals surface area contributed by atoms with Crippen LogP contribution in [-0.4, -0.2) is 50.5 Å². The number of aliphatic hydroxyl groups is 2. The number of carbonyl (C=O) groups is 2. The van der Waals surface area contributed by atoms with E-state index in [1.165, 1.54) is 24.3 Å². The van der Waals surface area contributed by atoms with Crippen LogP contribution in [0.4, 0.5) is 0 Å². The summed E-state index contributed by atoms with van der Waals surface area (Å²) in [6, 6.07) is 2.29. The third-order valence-corrected chi connectivity index (χ3v) is 3.73. The molecule has 0 radical (unpaired) electrons. The zero-order valence-electron chi connectivity index (χ0n) is 13.6. The summed E-state index contributed by atoms with van der Waals surface area (Å²) in [6.45, 7) is 1.61. The van der Waals surface area contributed by atoms with Crippen LogP contribution in [0.25, 0.3) is 6.08 Å². The first-order valence-electron chi connectivity index (χ1n) is 7.79. The van der Waals surface area contributed by atoms with E-state index in [9.17, 15) is 30.0 Å². The molecule has 1 aliphatic heterocycles. The third-order valence-electron chi connectivity index (χ3n) is 3.73. The van der Waals surface area contributed by atoms with Crippen molar-refractivity contribution in [3.63, 3.8) is 0 Å². The first-order chi connectivity index (χ1) is 11.8. The number of carbonyl (C=O) groups excluding carboxylic acids is 2. The molecule has 0 saturated heterocycles. The molecule has 2 rings (SSSR count). The average molecular weight is 348 g/mol. The fraction of sp³-hybridized carbons (Fsp3) is 0.333. The van der Waals surface area contributed by atoms with Crippen LogP contribution in [0.5, 0.6) is 11.5 Å². The highest BCUT2D eigenvalue weighted by Crippen LogP contribution is 2.29. The Hall–Kier alpha value is -2.64. The molecule has 0 fully saturated rings. The monoisotopic (exact) mass is 348 g/mol. The van der Waals surface area contributed by atoms with Gasteiger partial charge in [0.05, 0.1) is 6.10 Å². The van der Waals surface area contributed by atoms with Gasteiger partial charge in [-0.15, -0.1) is 0 Å². The molecule has 0 amide bonds. The van der Waals surface area contributed by atoms with Gasteiger partial charge >= 0.3 is 5.97 Å². The summed E-state index contributed by atoms with van der Waals surface area (Å²) in [5.74, 6) is -2.11. The van der Waals surface area contributed by atoms with Gasteiger partial charge in [0, 0.05) is 12.5 Å². The van der Waals surface area contributed by atoms with Crippen LogP contribution in [-0.2, 0) is 9.53 Å². The summed E-state index contributed by atoms with van der Waals surface area (Å²) in [6.07, 6.45) is 2.05. The average Bonchev–Trinajstić information content (AvgIpc) is 2.52. The molecule has 3 atom stereocenters. The van der Waals surface area contributed by atoms with Crippen molar-refractivity contribution < 1.29 is 34.8 Å². The largest absolute Gasteiger partial charge is 0.508 e. The van der Waals surface area contributed by atoms with Crippen LogP contribution in [0.3, 0.4) is 0 Å². The van der Waals surface area contributed by atoms with E-state index in [-0.39, 0.29) is 29.7 Å². The van der Waals surface area contributed by atoms with Crippen LogP contribution >= 0.6 is 0 Å². The lowest BCUT2D eigenvalue weighted by molar-refractivity contribution is -0.127. The van der Waals surface area contributed by atoms with Crippen LogP contribution in [0.1, 0.15) is 35.7 Å². The van der Waals surface area contributed by atoms with Crippen LogP contribution in [0, 0.1) is 0 Å². The van der Waals surface area contributed by atoms with E-state index < -0.39 is 35.8 Å². The normalized spacial score (nSPS) is 25.2. The van der Waals surface area contributed by atoms with Crippen molar-refractivity contribution in [3.8, 4) is 11.5 Å². The second-order valence-electron chi connectivity index (χ2n) is 5.84.